The third kappa shape index (κ3) is 3.38. The van der Waals surface area contributed by atoms with Gasteiger partial charge >= 0.3 is 5.76 Å². The molecule has 0 unspecified atom stereocenters. The van der Waals surface area contributed by atoms with E-state index in [0.29, 0.717) is 34.7 Å². The molecule has 1 heterocycles. The van der Waals surface area contributed by atoms with Gasteiger partial charge in [-0.25, -0.2) is 4.79 Å². The molecule has 22 heavy (non-hydrogen) atoms. The van der Waals surface area contributed by atoms with Crippen LogP contribution in [-0.4, -0.2) is 10.9 Å². The van der Waals surface area contributed by atoms with Gasteiger partial charge in [0, 0.05) is 17.1 Å². The minimum Gasteiger partial charge on any atom is -0.408 e. The van der Waals surface area contributed by atoms with Crippen LogP contribution in [0.15, 0.2) is 51.7 Å². The summed E-state index contributed by atoms with van der Waals surface area (Å²) in [6, 6.07) is 12.4. The van der Waals surface area contributed by atoms with Crippen molar-refractivity contribution in [1.82, 2.24) is 4.98 Å². The minimum absolute atomic E-state index is 0.106. The zero-order valence-corrected chi connectivity index (χ0v) is 12.3. The number of oxazole rings is 1. The average Bonchev–Trinajstić information content (AvgIpc) is 2.84. The predicted molar refractivity (Wildman–Crippen MR) is 85.2 cm³/mol. The lowest BCUT2D eigenvalue weighted by Crippen LogP contribution is -2.12. The fourth-order valence-electron chi connectivity index (χ4n) is 2.20. The SMILES string of the molecule is O=C(CCc1cccc(Cl)c1)Nc1ccc2oc(=O)[nH]c2c1. The van der Waals surface area contributed by atoms with E-state index in [9.17, 15) is 9.59 Å². The van der Waals surface area contributed by atoms with Crippen LogP contribution in [0.5, 0.6) is 0 Å². The third-order valence-corrected chi connectivity index (χ3v) is 3.47. The molecule has 1 aromatic heterocycles. The van der Waals surface area contributed by atoms with E-state index in [1.54, 1.807) is 24.3 Å². The van der Waals surface area contributed by atoms with Crippen LogP contribution in [0.1, 0.15) is 12.0 Å². The van der Waals surface area contributed by atoms with Crippen LogP contribution < -0.4 is 11.1 Å². The number of hydrogen-bond acceptors (Lipinski definition) is 3. The molecule has 0 radical (unpaired) electrons. The zero-order valence-electron chi connectivity index (χ0n) is 11.6. The first-order valence-corrected chi connectivity index (χ1v) is 7.15. The Morgan fingerprint density at radius 1 is 1.23 bits per heavy atom. The Bertz CT molecular complexity index is 882. The molecule has 0 spiro atoms. The normalized spacial score (nSPS) is 10.8. The molecule has 3 rings (SSSR count). The largest absolute Gasteiger partial charge is 0.417 e. The zero-order chi connectivity index (χ0) is 15.5. The summed E-state index contributed by atoms with van der Waals surface area (Å²) in [5.41, 5.74) is 2.64. The molecule has 0 bridgehead atoms. The van der Waals surface area contributed by atoms with E-state index in [-0.39, 0.29) is 5.91 Å². The second-order valence-electron chi connectivity index (χ2n) is 4.90. The molecule has 6 heteroatoms. The van der Waals surface area contributed by atoms with Crippen molar-refractivity contribution in [3.63, 3.8) is 0 Å². The first-order valence-electron chi connectivity index (χ1n) is 6.77. The highest BCUT2D eigenvalue weighted by Gasteiger charge is 2.06. The monoisotopic (exact) mass is 316 g/mol. The molecule has 0 saturated carbocycles. The molecular weight excluding hydrogens is 304 g/mol. The lowest BCUT2D eigenvalue weighted by atomic mass is 10.1. The number of H-pyrrole nitrogens is 1. The third-order valence-electron chi connectivity index (χ3n) is 3.23. The molecule has 1 amide bonds. The Balaban J connectivity index is 1.64. The number of carbonyl (C=O) groups excluding carboxylic acids is 1. The van der Waals surface area contributed by atoms with Crippen molar-refractivity contribution in [2.75, 3.05) is 5.32 Å². The van der Waals surface area contributed by atoms with Crippen molar-refractivity contribution in [2.45, 2.75) is 12.8 Å². The van der Waals surface area contributed by atoms with Crippen LogP contribution in [0, 0.1) is 0 Å². The van der Waals surface area contributed by atoms with Gasteiger partial charge in [0.2, 0.25) is 5.91 Å². The molecule has 0 aliphatic carbocycles. The number of amides is 1. The van der Waals surface area contributed by atoms with Gasteiger partial charge < -0.3 is 9.73 Å². The standard InChI is InChI=1S/C16H13ClN2O3/c17-11-3-1-2-10(8-11)4-7-15(20)18-12-5-6-14-13(9-12)19-16(21)22-14/h1-3,5-6,8-9H,4,7H2,(H,18,20)(H,19,21). The number of halogens is 1. The molecule has 5 nitrogen and oxygen atoms in total. The van der Waals surface area contributed by atoms with Gasteiger partial charge in [0.25, 0.3) is 0 Å². The Hall–Kier alpha value is -2.53. The molecule has 2 aromatic carbocycles. The number of rotatable bonds is 4. The van der Waals surface area contributed by atoms with E-state index < -0.39 is 5.76 Å². The summed E-state index contributed by atoms with van der Waals surface area (Å²) < 4.78 is 4.91. The summed E-state index contributed by atoms with van der Waals surface area (Å²) in [6.07, 6.45) is 0.956. The number of nitrogens with one attached hydrogen (secondary N) is 2. The number of carbonyl (C=O) groups is 1. The number of benzene rings is 2. The summed E-state index contributed by atoms with van der Waals surface area (Å²) in [6.45, 7) is 0. The van der Waals surface area contributed by atoms with Crippen molar-refractivity contribution in [1.29, 1.82) is 0 Å². The van der Waals surface area contributed by atoms with Crippen LogP contribution in [0.25, 0.3) is 11.1 Å². The number of aromatic nitrogens is 1. The number of anilines is 1. The van der Waals surface area contributed by atoms with Gasteiger partial charge in [0.05, 0.1) is 5.52 Å². The van der Waals surface area contributed by atoms with Gasteiger partial charge in [-0.15, -0.1) is 0 Å². The van der Waals surface area contributed by atoms with Crippen molar-refractivity contribution in [3.05, 3.63) is 63.6 Å². The number of hydrogen-bond donors (Lipinski definition) is 2. The van der Waals surface area contributed by atoms with E-state index in [0.717, 1.165) is 5.56 Å². The van der Waals surface area contributed by atoms with Gasteiger partial charge in [-0.2, -0.15) is 0 Å². The summed E-state index contributed by atoms with van der Waals surface area (Å²) >= 11 is 5.91. The molecule has 0 aliphatic heterocycles. The second-order valence-corrected chi connectivity index (χ2v) is 5.34. The van der Waals surface area contributed by atoms with Gasteiger partial charge in [-0.05, 0) is 42.3 Å². The van der Waals surface area contributed by atoms with Crippen LogP contribution in [0.4, 0.5) is 5.69 Å². The molecule has 0 aliphatic rings. The van der Waals surface area contributed by atoms with Crippen molar-refractivity contribution in [3.8, 4) is 0 Å². The highest BCUT2D eigenvalue weighted by atomic mass is 35.5. The fraction of sp³-hybridized carbons (Fsp3) is 0.125. The maximum atomic E-state index is 12.0. The summed E-state index contributed by atoms with van der Waals surface area (Å²) in [5.74, 6) is -0.621. The fourth-order valence-corrected chi connectivity index (χ4v) is 2.42. The van der Waals surface area contributed by atoms with Gasteiger partial charge in [-0.3, -0.25) is 9.78 Å². The van der Waals surface area contributed by atoms with Crippen molar-refractivity contribution >= 4 is 34.3 Å². The highest BCUT2D eigenvalue weighted by molar-refractivity contribution is 6.30. The molecular formula is C16H13ClN2O3. The summed E-state index contributed by atoms with van der Waals surface area (Å²) in [7, 11) is 0. The van der Waals surface area contributed by atoms with Crippen LogP contribution in [-0.2, 0) is 11.2 Å². The molecule has 2 N–H and O–H groups in total. The topological polar surface area (TPSA) is 75.1 Å². The number of fused-ring (bicyclic) bond motifs is 1. The van der Waals surface area contributed by atoms with Gasteiger partial charge in [0.1, 0.15) is 0 Å². The molecule has 112 valence electrons. The first kappa shape index (κ1) is 14.4. The van der Waals surface area contributed by atoms with E-state index >= 15 is 0 Å². The van der Waals surface area contributed by atoms with Gasteiger partial charge in [0.15, 0.2) is 5.58 Å². The second kappa shape index (κ2) is 6.07. The van der Waals surface area contributed by atoms with E-state index in [2.05, 4.69) is 10.3 Å². The van der Waals surface area contributed by atoms with E-state index in [1.165, 1.54) is 0 Å². The lowest BCUT2D eigenvalue weighted by molar-refractivity contribution is -0.116. The van der Waals surface area contributed by atoms with E-state index in [1.807, 2.05) is 18.2 Å². The molecule has 0 saturated heterocycles. The van der Waals surface area contributed by atoms with Crippen molar-refractivity contribution in [2.24, 2.45) is 0 Å². The maximum Gasteiger partial charge on any atom is 0.417 e. The highest BCUT2D eigenvalue weighted by Crippen LogP contribution is 2.17. The maximum absolute atomic E-state index is 12.0. The quantitative estimate of drug-likeness (QED) is 0.775. The average molecular weight is 317 g/mol. The number of aryl methyl sites for hydroxylation is 1. The molecule has 0 fully saturated rings. The van der Waals surface area contributed by atoms with E-state index in [4.69, 9.17) is 16.0 Å². The Morgan fingerprint density at radius 2 is 2.09 bits per heavy atom. The summed E-state index contributed by atoms with van der Waals surface area (Å²) in [4.78, 5) is 25.6. The predicted octanol–water partition coefficient (Wildman–Crippen LogP) is 3.35. The Morgan fingerprint density at radius 3 is 2.91 bits per heavy atom. The van der Waals surface area contributed by atoms with Crippen LogP contribution >= 0.6 is 11.6 Å². The van der Waals surface area contributed by atoms with Crippen LogP contribution in [0.3, 0.4) is 0 Å². The molecule has 0 atom stereocenters. The van der Waals surface area contributed by atoms with Gasteiger partial charge in [-0.1, -0.05) is 23.7 Å². The number of aromatic amines is 1. The van der Waals surface area contributed by atoms with Crippen molar-refractivity contribution < 1.29 is 9.21 Å². The van der Waals surface area contributed by atoms with Crippen LogP contribution in [0.2, 0.25) is 5.02 Å². The minimum atomic E-state index is -0.514. The smallest absolute Gasteiger partial charge is 0.408 e. The first-order chi connectivity index (χ1) is 10.6. The Labute approximate surface area is 130 Å². The lowest BCUT2D eigenvalue weighted by Gasteiger charge is -2.05. The summed E-state index contributed by atoms with van der Waals surface area (Å²) in [5, 5.41) is 3.45. The molecule has 3 aromatic rings. The Kier molecular flexibility index (Phi) is 3.98.